The van der Waals surface area contributed by atoms with Crippen LogP contribution in [0, 0.1) is 0 Å². The van der Waals surface area contributed by atoms with Gasteiger partial charge in [0, 0.05) is 38.1 Å². The van der Waals surface area contributed by atoms with Crippen molar-refractivity contribution < 1.29 is 9.53 Å². The second-order valence-electron chi connectivity index (χ2n) is 11.8. The molecule has 1 unspecified atom stereocenters. The molecule has 44 heavy (non-hydrogen) atoms. The lowest BCUT2D eigenvalue weighted by molar-refractivity contribution is 0.0777. The number of amides is 1. The Morgan fingerprint density at radius 1 is 0.977 bits per heavy atom. The summed E-state index contributed by atoms with van der Waals surface area (Å²) in [4.78, 5) is 29.3. The second-order valence-corrected chi connectivity index (χ2v) is 11.8. The number of hydrogen-bond acceptors (Lipinski definition) is 8. The number of nitrogens with one attached hydrogen (secondary N) is 1. The molecule has 2 saturated heterocycles. The zero-order chi connectivity index (χ0) is 29.9. The van der Waals surface area contributed by atoms with E-state index in [0.717, 1.165) is 69.0 Å². The number of para-hydroxylation sites is 2. The number of hydrogen-bond donors (Lipinski definition) is 1. The van der Waals surface area contributed by atoms with E-state index >= 15 is 0 Å². The topological polar surface area (TPSA) is 108 Å². The van der Waals surface area contributed by atoms with Gasteiger partial charge in [-0.25, -0.2) is 9.67 Å². The minimum Gasteiger partial charge on any atom is -0.496 e. The molecule has 1 amide bonds. The maximum atomic E-state index is 14.0. The summed E-state index contributed by atoms with van der Waals surface area (Å²) in [5.74, 6) is 1.46. The molecule has 0 saturated carbocycles. The van der Waals surface area contributed by atoms with Crippen LogP contribution in [0.4, 0.5) is 5.95 Å². The van der Waals surface area contributed by atoms with Gasteiger partial charge in [-0.3, -0.25) is 4.79 Å². The van der Waals surface area contributed by atoms with Crippen LogP contribution in [0.5, 0.6) is 5.75 Å². The van der Waals surface area contributed by atoms with Gasteiger partial charge in [-0.05, 0) is 78.7 Å². The average molecular weight is 592 g/mol. The Hall–Kier alpha value is -4.77. The molecule has 11 nitrogen and oxygen atoms in total. The number of ether oxygens (including phenoxy) is 1. The summed E-state index contributed by atoms with van der Waals surface area (Å²) in [5.41, 5.74) is 4.49. The van der Waals surface area contributed by atoms with Crippen LogP contribution in [-0.4, -0.2) is 98.8 Å². The highest BCUT2D eigenvalue weighted by molar-refractivity contribution is 5.98. The summed E-state index contributed by atoms with van der Waals surface area (Å²) in [6, 6.07) is 24.4. The molecule has 2 aromatic heterocycles. The van der Waals surface area contributed by atoms with E-state index in [1.165, 1.54) is 11.9 Å². The molecular formula is C33H37N9O2. The Bertz CT molecular complexity index is 1690. The molecule has 0 aliphatic carbocycles. The Morgan fingerprint density at radius 3 is 2.66 bits per heavy atom. The summed E-state index contributed by atoms with van der Waals surface area (Å²) in [5, 5.41) is 11.5. The molecule has 3 aromatic carbocycles. The molecule has 2 aliphatic rings. The fourth-order valence-corrected chi connectivity index (χ4v) is 6.74. The first-order valence-corrected chi connectivity index (χ1v) is 15.3. The van der Waals surface area contributed by atoms with E-state index in [1.807, 2.05) is 29.2 Å². The van der Waals surface area contributed by atoms with Gasteiger partial charge in [-0.2, -0.15) is 0 Å². The molecule has 1 atom stereocenters. The van der Waals surface area contributed by atoms with Crippen LogP contribution >= 0.6 is 0 Å². The standard InChI is InChI=1S/C33H37N9O2/c1-44-30-13-12-26(42-24-34-37-38-42)22-27(30)31(43)41-19-15-33(23-41,25-8-3-2-4-9-25)14-18-39-16-7-17-40(21-20-39)32-35-28-10-5-6-11-29(28)36-32/h2-6,8-13,22,24H,7,14-21,23H2,1H3,(H,35,36). The highest BCUT2D eigenvalue weighted by Crippen LogP contribution is 2.39. The number of imidazole rings is 1. The lowest BCUT2D eigenvalue weighted by atomic mass is 9.76. The van der Waals surface area contributed by atoms with Crippen LogP contribution in [0.15, 0.2) is 79.1 Å². The van der Waals surface area contributed by atoms with Gasteiger partial charge in [-0.15, -0.1) is 5.10 Å². The van der Waals surface area contributed by atoms with Crippen LogP contribution in [-0.2, 0) is 5.41 Å². The number of likely N-dealkylation sites (tertiary alicyclic amines) is 1. The highest BCUT2D eigenvalue weighted by atomic mass is 16.5. The van der Waals surface area contributed by atoms with Crippen molar-refractivity contribution in [2.24, 2.45) is 0 Å². The number of tetrazole rings is 1. The summed E-state index contributed by atoms with van der Waals surface area (Å²) in [6.45, 7) is 6.26. The van der Waals surface area contributed by atoms with E-state index in [9.17, 15) is 4.79 Å². The predicted octanol–water partition coefficient (Wildman–Crippen LogP) is 3.93. The number of carbonyl (C=O) groups excluding carboxylic acids is 1. The van der Waals surface area contributed by atoms with Crippen LogP contribution in [0.25, 0.3) is 16.7 Å². The Labute approximate surface area is 256 Å². The minimum absolute atomic E-state index is 0.0363. The van der Waals surface area contributed by atoms with Gasteiger partial charge < -0.3 is 24.4 Å². The molecule has 5 aromatic rings. The molecule has 4 heterocycles. The summed E-state index contributed by atoms with van der Waals surface area (Å²) < 4.78 is 7.15. The third-order valence-corrected chi connectivity index (χ3v) is 9.23. The molecule has 0 spiro atoms. The molecule has 2 aliphatic heterocycles. The van der Waals surface area contributed by atoms with Crippen molar-refractivity contribution in [3.8, 4) is 11.4 Å². The molecule has 2 fully saturated rings. The predicted molar refractivity (Wildman–Crippen MR) is 168 cm³/mol. The SMILES string of the molecule is COc1ccc(-n2cnnn2)cc1C(=O)N1CCC(CCN2CCCN(c3nc4ccccc4[nH]3)CC2)(c2ccccc2)C1. The molecule has 11 heteroatoms. The van der Waals surface area contributed by atoms with Crippen LogP contribution in [0.3, 0.4) is 0 Å². The highest BCUT2D eigenvalue weighted by Gasteiger charge is 2.42. The van der Waals surface area contributed by atoms with E-state index in [-0.39, 0.29) is 11.3 Å². The first kappa shape index (κ1) is 28.0. The molecular weight excluding hydrogens is 554 g/mol. The number of aromatic amines is 1. The Balaban J connectivity index is 1.07. The minimum atomic E-state index is -0.123. The number of nitrogens with zero attached hydrogens (tertiary/aromatic N) is 8. The molecule has 0 radical (unpaired) electrons. The molecule has 226 valence electrons. The number of H-pyrrole nitrogens is 1. The number of carbonyl (C=O) groups is 1. The maximum Gasteiger partial charge on any atom is 0.257 e. The fraction of sp³-hybridized carbons (Fsp3) is 0.364. The fourth-order valence-electron chi connectivity index (χ4n) is 6.74. The summed E-state index contributed by atoms with van der Waals surface area (Å²) in [6.07, 6.45) is 4.49. The first-order valence-electron chi connectivity index (χ1n) is 15.3. The van der Waals surface area contributed by atoms with E-state index < -0.39 is 0 Å². The zero-order valence-corrected chi connectivity index (χ0v) is 25.0. The first-order chi connectivity index (χ1) is 21.6. The summed E-state index contributed by atoms with van der Waals surface area (Å²) in [7, 11) is 1.59. The lowest BCUT2D eigenvalue weighted by Crippen LogP contribution is -2.39. The van der Waals surface area contributed by atoms with Gasteiger partial charge in [0.25, 0.3) is 5.91 Å². The smallest absolute Gasteiger partial charge is 0.257 e. The third-order valence-electron chi connectivity index (χ3n) is 9.23. The van der Waals surface area contributed by atoms with E-state index in [0.29, 0.717) is 30.1 Å². The molecule has 0 bridgehead atoms. The van der Waals surface area contributed by atoms with Gasteiger partial charge >= 0.3 is 0 Å². The second kappa shape index (κ2) is 12.1. The van der Waals surface area contributed by atoms with Crippen LogP contribution in [0.1, 0.15) is 35.2 Å². The van der Waals surface area contributed by atoms with Crippen LogP contribution < -0.4 is 9.64 Å². The normalized spacial score (nSPS) is 19.4. The number of anilines is 1. The molecule has 1 N–H and O–H groups in total. The quantitative estimate of drug-likeness (QED) is 0.289. The number of methoxy groups -OCH3 is 1. The van der Waals surface area contributed by atoms with Crippen molar-refractivity contribution in [1.29, 1.82) is 0 Å². The van der Waals surface area contributed by atoms with Gasteiger partial charge in [0.15, 0.2) is 0 Å². The largest absolute Gasteiger partial charge is 0.496 e. The molecule has 7 rings (SSSR count). The van der Waals surface area contributed by atoms with Crippen molar-refractivity contribution in [2.75, 3.05) is 57.8 Å². The van der Waals surface area contributed by atoms with Gasteiger partial charge in [-0.1, -0.05) is 42.5 Å². The van der Waals surface area contributed by atoms with E-state index in [2.05, 4.69) is 72.8 Å². The monoisotopic (exact) mass is 591 g/mol. The number of fused-ring (bicyclic) bond motifs is 1. The third kappa shape index (κ3) is 5.50. The van der Waals surface area contributed by atoms with Gasteiger partial charge in [0.1, 0.15) is 12.1 Å². The Kier molecular flexibility index (Phi) is 7.69. The van der Waals surface area contributed by atoms with Gasteiger partial charge in [0.05, 0.1) is 29.4 Å². The van der Waals surface area contributed by atoms with Crippen molar-refractivity contribution >= 4 is 22.9 Å². The van der Waals surface area contributed by atoms with Gasteiger partial charge in [0.2, 0.25) is 5.95 Å². The maximum absolute atomic E-state index is 14.0. The number of rotatable bonds is 8. The Morgan fingerprint density at radius 2 is 1.84 bits per heavy atom. The van der Waals surface area contributed by atoms with Crippen molar-refractivity contribution in [1.82, 2.24) is 40.0 Å². The van der Waals surface area contributed by atoms with E-state index in [1.54, 1.807) is 17.9 Å². The van der Waals surface area contributed by atoms with Crippen molar-refractivity contribution in [3.05, 3.63) is 90.3 Å². The summed E-state index contributed by atoms with van der Waals surface area (Å²) >= 11 is 0. The number of benzene rings is 3. The zero-order valence-electron chi connectivity index (χ0n) is 25.0. The van der Waals surface area contributed by atoms with E-state index in [4.69, 9.17) is 9.72 Å². The van der Waals surface area contributed by atoms with Crippen LogP contribution in [0.2, 0.25) is 0 Å². The lowest BCUT2D eigenvalue weighted by Gasteiger charge is -2.33. The van der Waals surface area contributed by atoms with Crippen molar-refractivity contribution in [2.45, 2.75) is 24.7 Å². The number of aromatic nitrogens is 6. The van der Waals surface area contributed by atoms with Crippen molar-refractivity contribution in [3.63, 3.8) is 0 Å². The average Bonchev–Trinajstić information content (AvgIpc) is 3.82.